The topological polar surface area (TPSA) is 9.23 Å². The predicted octanol–water partition coefficient (Wildman–Crippen LogP) is 26.0. The van der Waals surface area contributed by atoms with Gasteiger partial charge >= 0.3 is 0 Å². The Balaban J connectivity index is 0.976. The SMILES string of the molecule is CCC(C)(C)c1cc(C#Cc2ccccc2)cc(-c2c(-c3ccccc3)c(-c3ccccc3)c(-c3ccc(Oc4ccc(-c5c(-c6ccccc6)c(-c6ccccc6)c(C(C)C)c(-c6ccccc6)c5-c5ccccc5)cc4)cc3)c(-c3ccccc3)c2-c2ccccc2)c1. The van der Waals surface area contributed by atoms with Crippen molar-refractivity contribution in [3.05, 3.63) is 362 Å². The molecule has 0 radical (unpaired) electrons. The summed E-state index contributed by atoms with van der Waals surface area (Å²) in [4.78, 5) is 0. The minimum Gasteiger partial charge on any atom is -0.457 e. The van der Waals surface area contributed by atoms with Gasteiger partial charge in [-0.15, -0.1) is 0 Å². The molecule has 0 bridgehead atoms. The quantitative estimate of drug-likeness (QED) is 0.0876. The standard InChI is InChI=1S/C94H74O/c1-6-94(4,5)79-63-67(53-52-66-34-16-7-17-35-66)62-78(64-79)93-89(74-48-30-14-31-49-74)87(72-44-26-12-27-45-72)92(88(73-46-28-13-29-47-73)90(93)75-50-32-15-33-51-75)77-56-60-81(61-57-77)95-80-58-54-76(55-59-80)91-85(70-40-22-10-23-41-70)83(68-36-18-8-19-37-68)82(65(2)3)84(69-38-20-9-21-39-69)86(91)71-42-24-11-25-43-71/h7-51,54-65H,6H2,1-5H3. The van der Waals surface area contributed by atoms with Crippen LogP contribution in [0.25, 0.3) is 122 Å². The van der Waals surface area contributed by atoms with Gasteiger partial charge in [0.05, 0.1) is 0 Å². The molecule has 0 aliphatic heterocycles. The van der Waals surface area contributed by atoms with E-state index in [0.717, 1.165) is 112 Å². The van der Waals surface area contributed by atoms with Crippen LogP contribution in [0.4, 0.5) is 0 Å². The normalized spacial score (nSPS) is 11.3. The van der Waals surface area contributed by atoms with Crippen molar-refractivity contribution in [3.63, 3.8) is 0 Å². The maximum absolute atomic E-state index is 7.02. The first-order valence-electron chi connectivity index (χ1n) is 33.2. The molecule has 14 aromatic rings. The van der Waals surface area contributed by atoms with Crippen LogP contribution < -0.4 is 4.74 Å². The number of hydrogen-bond acceptors (Lipinski definition) is 1. The van der Waals surface area contributed by atoms with E-state index in [1.807, 2.05) is 6.07 Å². The highest BCUT2D eigenvalue weighted by Crippen LogP contribution is 2.58. The minimum atomic E-state index is -0.147. The van der Waals surface area contributed by atoms with Crippen molar-refractivity contribution in [3.8, 4) is 146 Å². The molecule has 0 saturated carbocycles. The van der Waals surface area contributed by atoms with E-state index < -0.39 is 0 Å². The van der Waals surface area contributed by atoms with Crippen LogP contribution >= 0.6 is 0 Å². The molecule has 0 aliphatic carbocycles. The maximum Gasteiger partial charge on any atom is 0.127 e. The first kappa shape index (κ1) is 61.0. The van der Waals surface area contributed by atoms with E-state index >= 15 is 0 Å². The molecule has 0 spiro atoms. The van der Waals surface area contributed by atoms with E-state index in [2.05, 4.69) is 380 Å². The Bertz CT molecular complexity index is 4800. The van der Waals surface area contributed by atoms with Crippen LogP contribution in [0.15, 0.2) is 340 Å². The zero-order valence-electron chi connectivity index (χ0n) is 54.5. The largest absolute Gasteiger partial charge is 0.457 e. The van der Waals surface area contributed by atoms with E-state index in [1.54, 1.807) is 0 Å². The fraction of sp³-hybridized carbons (Fsp3) is 0.0851. The summed E-state index contributed by atoms with van der Waals surface area (Å²) >= 11 is 0. The Hall–Kier alpha value is -11.6. The van der Waals surface area contributed by atoms with Gasteiger partial charge in [-0.3, -0.25) is 0 Å². The van der Waals surface area contributed by atoms with Gasteiger partial charge in [0.25, 0.3) is 0 Å². The van der Waals surface area contributed by atoms with Crippen LogP contribution in [0.3, 0.4) is 0 Å². The summed E-state index contributed by atoms with van der Waals surface area (Å²) in [6.45, 7) is 11.7. The van der Waals surface area contributed by atoms with Gasteiger partial charge in [-0.25, -0.2) is 0 Å². The third kappa shape index (κ3) is 12.5. The van der Waals surface area contributed by atoms with Crippen LogP contribution in [0, 0.1) is 11.8 Å². The van der Waals surface area contributed by atoms with Crippen molar-refractivity contribution in [2.24, 2.45) is 0 Å². The fourth-order valence-corrected chi connectivity index (χ4v) is 13.8. The lowest BCUT2D eigenvalue weighted by atomic mass is 9.73. The number of benzene rings is 14. The van der Waals surface area contributed by atoms with E-state index in [0.29, 0.717) is 0 Å². The van der Waals surface area contributed by atoms with E-state index in [-0.39, 0.29) is 11.3 Å². The average molecular weight is 1220 g/mol. The van der Waals surface area contributed by atoms with Crippen molar-refractivity contribution in [2.45, 2.75) is 52.4 Å². The van der Waals surface area contributed by atoms with Crippen LogP contribution in [0.2, 0.25) is 0 Å². The summed E-state index contributed by atoms with van der Waals surface area (Å²) in [7, 11) is 0. The van der Waals surface area contributed by atoms with Gasteiger partial charge in [0.2, 0.25) is 0 Å². The second-order valence-corrected chi connectivity index (χ2v) is 25.4. The van der Waals surface area contributed by atoms with Crippen LogP contribution in [0.5, 0.6) is 11.5 Å². The summed E-state index contributed by atoms with van der Waals surface area (Å²) in [5, 5.41) is 0. The Labute approximate surface area is 561 Å². The molecule has 0 N–H and O–H groups in total. The van der Waals surface area contributed by atoms with E-state index in [1.165, 1.54) is 50.1 Å². The summed E-state index contributed by atoms with van der Waals surface area (Å²) in [5.41, 5.74) is 29.8. The van der Waals surface area contributed by atoms with Crippen molar-refractivity contribution in [1.29, 1.82) is 0 Å². The van der Waals surface area contributed by atoms with Crippen molar-refractivity contribution >= 4 is 0 Å². The number of rotatable bonds is 16. The van der Waals surface area contributed by atoms with Gasteiger partial charge in [0.1, 0.15) is 11.5 Å². The van der Waals surface area contributed by atoms with Crippen molar-refractivity contribution in [1.82, 2.24) is 0 Å². The van der Waals surface area contributed by atoms with Crippen LogP contribution in [-0.4, -0.2) is 0 Å². The van der Waals surface area contributed by atoms with Crippen LogP contribution in [-0.2, 0) is 5.41 Å². The van der Waals surface area contributed by atoms with Gasteiger partial charge in [0.15, 0.2) is 0 Å². The summed E-state index contributed by atoms with van der Waals surface area (Å²) in [6, 6.07) is 123. The van der Waals surface area contributed by atoms with E-state index in [4.69, 9.17) is 4.74 Å². The Morgan fingerprint density at radius 3 is 0.789 bits per heavy atom. The molecule has 0 fully saturated rings. The smallest absolute Gasteiger partial charge is 0.127 e. The van der Waals surface area contributed by atoms with Gasteiger partial charge in [-0.05, 0) is 200 Å². The molecule has 0 heterocycles. The minimum absolute atomic E-state index is 0.147. The van der Waals surface area contributed by atoms with Gasteiger partial charge in [-0.1, -0.05) is 338 Å². The molecule has 0 unspecified atom stereocenters. The monoisotopic (exact) mass is 1220 g/mol. The second kappa shape index (κ2) is 27.3. The molecule has 0 saturated heterocycles. The zero-order chi connectivity index (χ0) is 64.7. The molecule has 0 amide bonds. The zero-order valence-corrected chi connectivity index (χ0v) is 54.5. The highest BCUT2D eigenvalue weighted by Gasteiger charge is 2.32. The first-order valence-corrected chi connectivity index (χ1v) is 33.2. The molecule has 0 atom stereocenters. The first-order chi connectivity index (χ1) is 46.7. The Morgan fingerprint density at radius 1 is 0.263 bits per heavy atom. The lowest BCUT2D eigenvalue weighted by Crippen LogP contribution is -2.16. The number of ether oxygens (including phenoxy) is 1. The molecule has 95 heavy (non-hydrogen) atoms. The molecule has 1 heteroatoms. The highest BCUT2D eigenvalue weighted by atomic mass is 16.5. The molecule has 456 valence electrons. The molecule has 1 nitrogen and oxygen atoms in total. The Kier molecular flexibility index (Phi) is 17.5. The third-order valence-corrected chi connectivity index (χ3v) is 18.6. The molecular weight excluding hydrogens is 1150 g/mol. The van der Waals surface area contributed by atoms with Crippen molar-refractivity contribution < 1.29 is 4.74 Å². The van der Waals surface area contributed by atoms with Crippen LogP contribution in [0.1, 0.15) is 69.2 Å². The second-order valence-electron chi connectivity index (χ2n) is 25.4. The average Bonchev–Trinajstić information content (AvgIpc) is 0.669. The fourth-order valence-electron chi connectivity index (χ4n) is 13.8. The summed E-state index contributed by atoms with van der Waals surface area (Å²) in [5.74, 6) is 8.87. The van der Waals surface area contributed by atoms with Gasteiger partial charge < -0.3 is 4.74 Å². The molecule has 14 aromatic carbocycles. The lowest BCUT2D eigenvalue weighted by molar-refractivity contribution is 0.483. The van der Waals surface area contributed by atoms with Gasteiger partial charge in [0, 0.05) is 11.1 Å². The predicted molar refractivity (Wildman–Crippen MR) is 403 cm³/mol. The lowest BCUT2D eigenvalue weighted by Gasteiger charge is -2.30. The summed E-state index contributed by atoms with van der Waals surface area (Å²) < 4.78 is 7.02. The van der Waals surface area contributed by atoms with Crippen molar-refractivity contribution in [2.75, 3.05) is 0 Å². The van der Waals surface area contributed by atoms with E-state index in [9.17, 15) is 0 Å². The van der Waals surface area contributed by atoms with Gasteiger partial charge in [-0.2, -0.15) is 0 Å². The maximum atomic E-state index is 7.02. The molecule has 0 aromatic heterocycles. The number of hydrogen-bond donors (Lipinski definition) is 0. The highest BCUT2D eigenvalue weighted by molar-refractivity contribution is 6.15. The summed E-state index contributed by atoms with van der Waals surface area (Å²) in [6.07, 6.45) is 0.956. The molecule has 14 rings (SSSR count). The molecule has 0 aliphatic rings. The third-order valence-electron chi connectivity index (χ3n) is 18.6. The Morgan fingerprint density at radius 2 is 0.505 bits per heavy atom. The molecular formula is C94H74O.